The first-order valence-electron chi connectivity index (χ1n) is 6.86. The van der Waals surface area contributed by atoms with Gasteiger partial charge in [-0.15, -0.1) is 0 Å². The van der Waals surface area contributed by atoms with E-state index in [0.717, 1.165) is 13.0 Å². The fraction of sp³-hybridized carbons (Fsp3) is 0.929. The molecule has 1 N–H and O–H groups in total. The number of carbonyl (C=O) groups is 1. The molecule has 3 heteroatoms. The molecule has 0 saturated carbocycles. The van der Waals surface area contributed by atoms with E-state index in [-0.39, 0.29) is 11.4 Å². The van der Waals surface area contributed by atoms with Crippen LogP contribution in [0.2, 0.25) is 0 Å². The SMILES string of the molecule is CCC1(C)NCN(CC(C(C)C)C(C)C)C1=O. The lowest BCUT2D eigenvalue weighted by Gasteiger charge is -2.30. The summed E-state index contributed by atoms with van der Waals surface area (Å²) in [6, 6.07) is 0. The Bertz CT molecular complexity index is 267. The molecule has 1 aliphatic heterocycles. The van der Waals surface area contributed by atoms with Crippen LogP contribution in [0.4, 0.5) is 0 Å². The van der Waals surface area contributed by atoms with Gasteiger partial charge in [-0.25, -0.2) is 0 Å². The van der Waals surface area contributed by atoms with Gasteiger partial charge >= 0.3 is 0 Å². The van der Waals surface area contributed by atoms with Gasteiger partial charge in [0.15, 0.2) is 0 Å². The van der Waals surface area contributed by atoms with Crippen molar-refractivity contribution in [2.75, 3.05) is 13.2 Å². The van der Waals surface area contributed by atoms with E-state index in [9.17, 15) is 4.79 Å². The molecule has 0 spiro atoms. The maximum Gasteiger partial charge on any atom is 0.243 e. The Hall–Kier alpha value is -0.570. The Morgan fingerprint density at radius 3 is 2.18 bits per heavy atom. The maximum atomic E-state index is 12.3. The molecular weight excluding hydrogens is 212 g/mol. The predicted molar refractivity (Wildman–Crippen MR) is 71.6 cm³/mol. The van der Waals surface area contributed by atoms with E-state index in [1.54, 1.807) is 0 Å². The van der Waals surface area contributed by atoms with Crippen LogP contribution in [0.5, 0.6) is 0 Å². The van der Waals surface area contributed by atoms with Crippen LogP contribution in [-0.4, -0.2) is 29.6 Å². The van der Waals surface area contributed by atoms with Crippen molar-refractivity contribution in [1.82, 2.24) is 10.2 Å². The predicted octanol–water partition coefficient (Wildman–Crippen LogP) is 2.47. The molecule has 1 atom stereocenters. The van der Waals surface area contributed by atoms with E-state index < -0.39 is 0 Å². The average molecular weight is 240 g/mol. The Morgan fingerprint density at radius 1 is 1.29 bits per heavy atom. The number of rotatable bonds is 5. The number of amides is 1. The van der Waals surface area contributed by atoms with E-state index in [0.29, 0.717) is 24.4 Å². The summed E-state index contributed by atoms with van der Waals surface area (Å²) in [5.41, 5.74) is -0.335. The summed E-state index contributed by atoms with van der Waals surface area (Å²) in [6.45, 7) is 14.7. The number of nitrogens with one attached hydrogen (secondary N) is 1. The third-order valence-corrected chi connectivity index (χ3v) is 4.27. The highest BCUT2D eigenvalue weighted by Gasteiger charge is 2.41. The summed E-state index contributed by atoms with van der Waals surface area (Å²) < 4.78 is 0. The monoisotopic (exact) mass is 240 g/mol. The van der Waals surface area contributed by atoms with Gasteiger partial charge in [0.05, 0.1) is 12.2 Å². The normalized spacial score (nSPS) is 25.7. The van der Waals surface area contributed by atoms with Crippen molar-refractivity contribution in [1.29, 1.82) is 0 Å². The lowest BCUT2D eigenvalue weighted by atomic mass is 9.85. The van der Waals surface area contributed by atoms with Gasteiger partial charge in [-0.05, 0) is 31.1 Å². The summed E-state index contributed by atoms with van der Waals surface area (Å²) in [5, 5.41) is 3.34. The summed E-state index contributed by atoms with van der Waals surface area (Å²) >= 11 is 0. The fourth-order valence-corrected chi connectivity index (χ4v) is 2.64. The molecule has 0 aromatic heterocycles. The summed E-state index contributed by atoms with van der Waals surface area (Å²) in [5.74, 6) is 2.10. The fourth-order valence-electron chi connectivity index (χ4n) is 2.64. The number of carbonyl (C=O) groups excluding carboxylic acids is 1. The van der Waals surface area contributed by atoms with Gasteiger partial charge in [0.25, 0.3) is 0 Å². The first-order valence-corrected chi connectivity index (χ1v) is 6.86. The quantitative estimate of drug-likeness (QED) is 0.800. The smallest absolute Gasteiger partial charge is 0.243 e. The molecule has 1 rings (SSSR count). The van der Waals surface area contributed by atoms with Gasteiger partial charge < -0.3 is 4.90 Å². The molecule has 1 fully saturated rings. The number of hydrogen-bond acceptors (Lipinski definition) is 2. The van der Waals surface area contributed by atoms with Crippen LogP contribution < -0.4 is 5.32 Å². The molecule has 1 saturated heterocycles. The van der Waals surface area contributed by atoms with Crippen molar-refractivity contribution in [3.63, 3.8) is 0 Å². The molecule has 0 aromatic carbocycles. The molecule has 0 aromatic rings. The van der Waals surface area contributed by atoms with Crippen molar-refractivity contribution < 1.29 is 4.79 Å². The molecule has 0 bridgehead atoms. The van der Waals surface area contributed by atoms with Crippen LogP contribution in [0.25, 0.3) is 0 Å². The minimum atomic E-state index is -0.335. The first-order chi connectivity index (χ1) is 7.81. The molecular formula is C14H28N2O. The maximum absolute atomic E-state index is 12.3. The standard InChI is InChI=1S/C14H28N2O/c1-7-14(6)13(17)16(9-15-14)8-12(10(2)3)11(4)5/h10-12,15H,7-9H2,1-6H3. The Labute approximate surface area is 106 Å². The molecule has 1 unspecified atom stereocenters. The van der Waals surface area contributed by atoms with E-state index in [1.807, 2.05) is 11.8 Å². The molecule has 100 valence electrons. The average Bonchev–Trinajstić information content (AvgIpc) is 2.53. The van der Waals surface area contributed by atoms with Crippen LogP contribution in [0.15, 0.2) is 0 Å². The first kappa shape index (κ1) is 14.5. The van der Waals surface area contributed by atoms with Crippen molar-refractivity contribution in [3.8, 4) is 0 Å². The van der Waals surface area contributed by atoms with E-state index in [1.165, 1.54) is 0 Å². The summed E-state index contributed by atoms with van der Waals surface area (Å²) in [6.07, 6.45) is 0.857. The van der Waals surface area contributed by atoms with Crippen LogP contribution in [0.1, 0.15) is 48.0 Å². The van der Waals surface area contributed by atoms with Gasteiger partial charge in [0, 0.05) is 6.54 Å². The second kappa shape index (κ2) is 5.38. The van der Waals surface area contributed by atoms with Crippen molar-refractivity contribution in [2.45, 2.75) is 53.5 Å². The largest absolute Gasteiger partial charge is 0.328 e. The van der Waals surface area contributed by atoms with Gasteiger partial charge in [-0.1, -0.05) is 34.6 Å². The topological polar surface area (TPSA) is 32.3 Å². The molecule has 1 aliphatic rings. The Balaban J connectivity index is 2.68. The highest BCUT2D eigenvalue weighted by molar-refractivity contribution is 5.87. The van der Waals surface area contributed by atoms with Gasteiger partial charge in [0.1, 0.15) is 0 Å². The molecule has 1 heterocycles. The lowest BCUT2D eigenvalue weighted by molar-refractivity contribution is -0.132. The van der Waals surface area contributed by atoms with Crippen molar-refractivity contribution >= 4 is 5.91 Å². The van der Waals surface area contributed by atoms with Gasteiger partial charge in [-0.3, -0.25) is 10.1 Å². The lowest BCUT2D eigenvalue weighted by Crippen LogP contribution is -2.44. The second-order valence-corrected chi connectivity index (χ2v) is 6.20. The Kier molecular flexibility index (Phi) is 4.59. The van der Waals surface area contributed by atoms with Crippen LogP contribution >= 0.6 is 0 Å². The van der Waals surface area contributed by atoms with Crippen LogP contribution in [-0.2, 0) is 4.79 Å². The van der Waals surface area contributed by atoms with Crippen molar-refractivity contribution in [2.24, 2.45) is 17.8 Å². The van der Waals surface area contributed by atoms with E-state index in [2.05, 4.69) is 39.9 Å². The second-order valence-electron chi connectivity index (χ2n) is 6.20. The van der Waals surface area contributed by atoms with E-state index in [4.69, 9.17) is 0 Å². The third kappa shape index (κ3) is 3.01. The zero-order chi connectivity index (χ0) is 13.2. The minimum absolute atomic E-state index is 0.270. The van der Waals surface area contributed by atoms with E-state index >= 15 is 0 Å². The highest BCUT2D eigenvalue weighted by Crippen LogP contribution is 2.25. The summed E-state index contributed by atoms with van der Waals surface area (Å²) in [4.78, 5) is 14.3. The van der Waals surface area contributed by atoms with Crippen molar-refractivity contribution in [3.05, 3.63) is 0 Å². The molecule has 1 amide bonds. The third-order valence-electron chi connectivity index (χ3n) is 4.27. The number of hydrogen-bond donors (Lipinski definition) is 1. The molecule has 3 nitrogen and oxygen atoms in total. The zero-order valence-electron chi connectivity index (χ0n) is 12.2. The van der Waals surface area contributed by atoms with Crippen LogP contribution in [0, 0.1) is 17.8 Å². The van der Waals surface area contributed by atoms with Crippen LogP contribution in [0.3, 0.4) is 0 Å². The molecule has 0 radical (unpaired) electrons. The minimum Gasteiger partial charge on any atom is -0.328 e. The summed E-state index contributed by atoms with van der Waals surface area (Å²) in [7, 11) is 0. The van der Waals surface area contributed by atoms with Gasteiger partial charge in [-0.2, -0.15) is 0 Å². The zero-order valence-corrected chi connectivity index (χ0v) is 12.2. The van der Waals surface area contributed by atoms with Gasteiger partial charge in [0.2, 0.25) is 5.91 Å². The molecule has 17 heavy (non-hydrogen) atoms. The number of nitrogens with zero attached hydrogens (tertiary/aromatic N) is 1. The highest BCUT2D eigenvalue weighted by atomic mass is 16.2. The Morgan fingerprint density at radius 2 is 1.82 bits per heavy atom. The molecule has 0 aliphatic carbocycles.